The normalized spacial score (nSPS) is 16.7. The molecule has 2 aromatic rings. The van der Waals surface area contributed by atoms with E-state index in [0.29, 0.717) is 0 Å². The summed E-state index contributed by atoms with van der Waals surface area (Å²) in [5.41, 5.74) is 5.37. The molecule has 0 spiro atoms. The number of hydrogen-bond acceptors (Lipinski definition) is 2. The average Bonchev–Trinajstić information content (AvgIpc) is 2.62. The van der Waals surface area contributed by atoms with Gasteiger partial charge in [-0.2, -0.15) is 0 Å². The Labute approximate surface area is 116 Å². The Morgan fingerprint density at radius 1 is 0.842 bits per heavy atom. The van der Waals surface area contributed by atoms with Gasteiger partial charge in [0.25, 0.3) is 0 Å². The van der Waals surface area contributed by atoms with E-state index in [9.17, 15) is 4.79 Å². The third-order valence-corrected chi connectivity index (χ3v) is 4.86. The topological polar surface area (TPSA) is 17.1 Å². The largest absolute Gasteiger partial charge is 0.289 e. The van der Waals surface area contributed by atoms with Crippen LogP contribution in [0.15, 0.2) is 59.0 Å². The van der Waals surface area contributed by atoms with Gasteiger partial charge in [0.2, 0.25) is 0 Å². The van der Waals surface area contributed by atoms with Crippen molar-refractivity contribution < 1.29 is 4.79 Å². The zero-order valence-corrected chi connectivity index (χ0v) is 11.2. The molecular weight excluding hydrogens is 252 g/mol. The highest BCUT2D eigenvalue weighted by Gasteiger charge is 2.31. The SMILES string of the molecule is O=C1C2=C(c3ccccc3SCC2)c2ccccc21. The first kappa shape index (κ1) is 11.1. The summed E-state index contributed by atoms with van der Waals surface area (Å²) in [6.07, 6.45) is 0.863. The van der Waals surface area contributed by atoms with Crippen LogP contribution in [-0.4, -0.2) is 11.5 Å². The highest BCUT2D eigenvalue weighted by atomic mass is 32.2. The first-order chi connectivity index (χ1) is 9.36. The second-order valence-corrected chi connectivity index (χ2v) is 5.96. The van der Waals surface area contributed by atoms with Crippen molar-refractivity contribution in [2.24, 2.45) is 0 Å². The third-order valence-electron chi connectivity index (χ3n) is 3.78. The Hall–Kier alpha value is -1.80. The lowest BCUT2D eigenvalue weighted by Crippen LogP contribution is -1.99. The van der Waals surface area contributed by atoms with Crippen molar-refractivity contribution in [3.63, 3.8) is 0 Å². The molecule has 92 valence electrons. The van der Waals surface area contributed by atoms with Crippen LogP contribution < -0.4 is 0 Å². The Morgan fingerprint density at radius 2 is 1.53 bits per heavy atom. The van der Waals surface area contributed by atoms with Crippen molar-refractivity contribution in [3.05, 3.63) is 70.8 Å². The minimum Gasteiger partial charge on any atom is -0.289 e. The van der Waals surface area contributed by atoms with Gasteiger partial charge in [-0.25, -0.2) is 0 Å². The predicted octanol–water partition coefficient (Wildman–Crippen LogP) is 4.18. The Bertz CT molecular complexity index is 728. The first-order valence-electron chi connectivity index (χ1n) is 6.46. The molecule has 0 saturated heterocycles. The number of thioether (sulfide) groups is 1. The van der Waals surface area contributed by atoms with Crippen LogP contribution in [0.2, 0.25) is 0 Å². The Morgan fingerprint density at radius 3 is 2.37 bits per heavy atom. The molecule has 2 aromatic carbocycles. The van der Waals surface area contributed by atoms with Crippen LogP contribution in [0.25, 0.3) is 5.57 Å². The maximum absolute atomic E-state index is 12.5. The van der Waals surface area contributed by atoms with Crippen molar-refractivity contribution in [1.29, 1.82) is 0 Å². The fourth-order valence-corrected chi connectivity index (χ4v) is 3.97. The highest BCUT2D eigenvalue weighted by molar-refractivity contribution is 7.99. The Kier molecular flexibility index (Phi) is 2.39. The van der Waals surface area contributed by atoms with Crippen LogP contribution in [0.1, 0.15) is 27.9 Å². The van der Waals surface area contributed by atoms with E-state index >= 15 is 0 Å². The van der Waals surface area contributed by atoms with Gasteiger partial charge in [0.1, 0.15) is 0 Å². The number of fused-ring (bicyclic) bond motifs is 4. The number of Topliss-reactive ketones (excluding diaryl/α,β-unsaturated/α-hetero) is 1. The van der Waals surface area contributed by atoms with E-state index in [1.54, 1.807) is 0 Å². The minimum absolute atomic E-state index is 0.225. The Balaban J connectivity index is 2.05. The lowest BCUT2D eigenvalue weighted by molar-refractivity contribution is 0.103. The molecule has 1 nitrogen and oxygen atoms in total. The van der Waals surface area contributed by atoms with Crippen LogP contribution in [0, 0.1) is 0 Å². The quantitative estimate of drug-likeness (QED) is 0.710. The number of carbonyl (C=O) groups excluding carboxylic acids is 1. The van der Waals surface area contributed by atoms with Gasteiger partial charge in [0.15, 0.2) is 5.78 Å². The van der Waals surface area contributed by atoms with Crippen molar-refractivity contribution in [2.45, 2.75) is 11.3 Å². The second-order valence-electron chi connectivity index (χ2n) is 4.82. The number of carbonyl (C=O) groups is 1. The molecule has 1 heterocycles. The van der Waals surface area contributed by atoms with Gasteiger partial charge in [0.05, 0.1) is 0 Å². The number of allylic oxidation sites excluding steroid dienone is 1. The van der Waals surface area contributed by atoms with Gasteiger partial charge in [-0.05, 0) is 29.2 Å². The summed E-state index contributed by atoms with van der Waals surface area (Å²) in [6, 6.07) is 16.4. The van der Waals surface area contributed by atoms with Gasteiger partial charge >= 0.3 is 0 Å². The van der Waals surface area contributed by atoms with Crippen molar-refractivity contribution in [3.8, 4) is 0 Å². The van der Waals surface area contributed by atoms with Crippen molar-refractivity contribution >= 4 is 23.1 Å². The highest BCUT2D eigenvalue weighted by Crippen LogP contribution is 2.44. The molecule has 2 aliphatic rings. The molecular formula is C17H12OS. The fourth-order valence-electron chi connectivity index (χ4n) is 2.95. The monoisotopic (exact) mass is 264 g/mol. The fraction of sp³-hybridized carbons (Fsp3) is 0.118. The van der Waals surface area contributed by atoms with Gasteiger partial charge in [-0.3, -0.25) is 4.79 Å². The molecule has 1 aliphatic heterocycles. The van der Waals surface area contributed by atoms with E-state index in [1.165, 1.54) is 16.0 Å². The summed E-state index contributed by atoms with van der Waals surface area (Å²) in [6.45, 7) is 0. The number of ketones is 1. The van der Waals surface area contributed by atoms with E-state index in [4.69, 9.17) is 0 Å². The third kappa shape index (κ3) is 1.53. The molecule has 0 amide bonds. The summed E-state index contributed by atoms with van der Waals surface area (Å²) < 4.78 is 0. The summed E-state index contributed by atoms with van der Waals surface area (Å²) in [5.74, 6) is 1.21. The lowest BCUT2D eigenvalue weighted by Gasteiger charge is -2.09. The molecule has 0 N–H and O–H groups in total. The van der Waals surface area contributed by atoms with Gasteiger partial charge < -0.3 is 0 Å². The molecule has 0 atom stereocenters. The lowest BCUT2D eigenvalue weighted by atomic mass is 9.97. The second kappa shape index (κ2) is 4.10. The minimum atomic E-state index is 0.225. The maximum atomic E-state index is 12.5. The van der Waals surface area contributed by atoms with Crippen LogP contribution in [0.5, 0.6) is 0 Å². The molecule has 0 saturated carbocycles. The summed E-state index contributed by atoms with van der Waals surface area (Å²) in [5, 5.41) is 0. The van der Waals surface area contributed by atoms with E-state index in [-0.39, 0.29) is 5.78 Å². The summed E-state index contributed by atoms with van der Waals surface area (Å²) >= 11 is 1.85. The van der Waals surface area contributed by atoms with E-state index in [2.05, 4.69) is 30.3 Å². The molecule has 0 radical (unpaired) electrons. The van der Waals surface area contributed by atoms with E-state index < -0.39 is 0 Å². The number of benzene rings is 2. The van der Waals surface area contributed by atoms with E-state index in [0.717, 1.165) is 28.9 Å². The maximum Gasteiger partial charge on any atom is 0.190 e. The number of rotatable bonds is 0. The van der Waals surface area contributed by atoms with Crippen molar-refractivity contribution in [2.75, 3.05) is 5.75 Å². The van der Waals surface area contributed by atoms with Crippen LogP contribution in [-0.2, 0) is 0 Å². The summed E-state index contributed by atoms with van der Waals surface area (Å²) in [7, 11) is 0. The zero-order valence-electron chi connectivity index (χ0n) is 10.3. The van der Waals surface area contributed by atoms with Crippen LogP contribution >= 0.6 is 11.8 Å². The molecule has 0 unspecified atom stereocenters. The first-order valence-corrected chi connectivity index (χ1v) is 7.44. The van der Waals surface area contributed by atoms with Gasteiger partial charge in [0, 0.05) is 21.8 Å². The van der Waals surface area contributed by atoms with Gasteiger partial charge in [-0.1, -0.05) is 42.5 Å². The van der Waals surface area contributed by atoms with E-state index in [1.807, 2.05) is 30.0 Å². The molecule has 0 fully saturated rings. The average molecular weight is 264 g/mol. The summed E-state index contributed by atoms with van der Waals surface area (Å²) in [4.78, 5) is 13.8. The molecule has 1 aliphatic carbocycles. The molecule has 0 aromatic heterocycles. The zero-order chi connectivity index (χ0) is 12.8. The predicted molar refractivity (Wildman–Crippen MR) is 78.6 cm³/mol. The smallest absolute Gasteiger partial charge is 0.190 e. The van der Waals surface area contributed by atoms with Crippen LogP contribution in [0.4, 0.5) is 0 Å². The molecule has 0 bridgehead atoms. The number of hydrogen-bond donors (Lipinski definition) is 0. The molecule has 19 heavy (non-hydrogen) atoms. The standard InChI is InChI=1S/C17H12OS/c18-17-12-6-2-1-5-11(12)16-13-7-3-4-8-15(13)19-10-9-14(16)17/h1-8H,9-10H2. The molecule has 2 heteroatoms. The molecule has 4 rings (SSSR count). The van der Waals surface area contributed by atoms with Crippen molar-refractivity contribution in [1.82, 2.24) is 0 Å². The van der Waals surface area contributed by atoms with Gasteiger partial charge in [-0.15, -0.1) is 11.8 Å². The van der Waals surface area contributed by atoms with Crippen LogP contribution in [0.3, 0.4) is 0 Å².